The van der Waals surface area contributed by atoms with Crippen molar-refractivity contribution in [2.24, 2.45) is 5.92 Å². The van der Waals surface area contributed by atoms with Crippen molar-refractivity contribution in [3.05, 3.63) is 24.0 Å². The first-order chi connectivity index (χ1) is 9.54. The van der Waals surface area contributed by atoms with Gasteiger partial charge >= 0.3 is 0 Å². The third kappa shape index (κ3) is 3.79. The average molecular weight is 294 g/mol. The Labute approximate surface area is 119 Å². The zero-order valence-electron chi connectivity index (χ0n) is 11.4. The summed E-state index contributed by atoms with van der Waals surface area (Å²) in [7, 11) is -1.90. The Kier molecular flexibility index (Phi) is 4.76. The van der Waals surface area contributed by atoms with Crippen LogP contribution in [0, 0.1) is 17.8 Å². The van der Waals surface area contributed by atoms with Crippen molar-refractivity contribution < 1.29 is 13.5 Å². The van der Waals surface area contributed by atoms with Crippen molar-refractivity contribution in [2.75, 3.05) is 20.2 Å². The van der Waals surface area contributed by atoms with Gasteiger partial charge in [-0.25, -0.2) is 12.7 Å². The summed E-state index contributed by atoms with van der Waals surface area (Å²) in [5.74, 6) is 6.04. The van der Waals surface area contributed by atoms with Gasteiger partial charge in [-0.15, -0.1) is 0 Å². The summed E-state index contributed by atoms with van der Waals surface area (Å²) < 4.78 is 26.1. The minimum atomic E-state index is -3.49. The van der Waals surface area contributed by atoms with Gasteiger partial charge in [-0.1, -0.05) is 11.8 Å². The van der Waals surface area contributed by atoms with Crippen LogP contribution in [0.5, 0.6) is 0 Å². The van der Waals surface area contributed by atoms with Gasteiger partial charge in [0.05, 0.1) is 6.61 Å². The summed E-state index contributed by atoms with van der Waals surface area (Å²) in [5, 5.41) is 8.67. The first kappa shape index (κ1) is 15.0. The van der Waals surface area contributed by atoms with Crippen LogP contribution in [0.4, 0.5) is 0 Å². The highest BCUT2D eigenvalue weighted by Crippen LogP contribution is 2.30. The van der Waals surface area contributed by atoms with E-state index < -0.39 is 10.0 Å². The summed E-state index contributed by atoms with van der Waals surface area (Å²) in [6.07, 6.45) is 5.42. The summed E-state index contributed by atoms with van der Waals surface area (Å²) in [6, 6.07) is 1.52. The fourth-order valence-electron chi connectivity index (χ4n) is 1.79. The maximum absolute atomic E-state index is 12.4. The van der Waals surface area contributed by atoms with Gasteiger partial charge in [-0.05, 0) is 24.8 Å². The fraction of sp³-hybridized carbons (Fsp3) is 0.500. The quantitative estimate of drug-likeness (QED) is 0.817. The Morgan fingerprint density at radius 2 is 2.20 bits per heavy atom. The van der Waals surface area contributed by atoms with Gasteiger partial charge in [-0.2, -0.15) is 0 Å². The molecule has 6 heteroatoms. The third-order valence-corrected chi connectivity index (χ3v) is 4.89. The Morgan fingerprint density at radius 3 is 2.85 bits per heavy atom. The number of hydrogen-bond donors (Lipinski definition) is 1. The van der Waals surface area contributed by atoms with Crippen LogP contribution >= 0.6 is 0 Å². The SMILES string of the molecule is CN(CC1CC1)S(=O)(=O)c1cncc(C#CCCO)c1. The zero-order valence-corrected chi connectivity index (χ0v) is 12.2. The first-order valence-corrected chi connectivity index (χ1v) is 7.99. The standard InChI is InChI=1S/C14H18N2O3S/c1-16(11-12-5-6-12)20(18,19)14-8-13(9-15-10-14)4-2-3-7-17/h8-10,12,17H,3,5-7,11H2,1H3. The fourth-order valence-corrected chi connectivity index (χ4v) is 3.03. The highest BCUT2D eigenvalue weighted by Gasteiger charge is 2.29. The molecule has 1 heterocycles. The zero-order chi connectivity index (χ0) is 14.6. The molecule has 0 saturated heterocycles. The molecule has 1 fully saturated rings. The molecule has 1 aromatic heterocycles. The lowest BCUT2D eigenvalue weighted by Gasteiger charge is -2.16. The molecule has 2 rings (SSSR count). The van der Waals surface area contributed by atoms with Crippen LogP contribution in [-0.4, -0.2) is 43.0 Å². The van der Waals surface area contributed by atoms with E-state index in [1.807, 2.05) is 0 Å². The van der Waals surface area contributed by atoms with Crippen LogP contribution in [-0.2, 0) is 10.0 Å². The maximum Gasteiger partial charge on any atom is 0.244 e. The van der Waals surface area contributed by atoms with Crippen molar-refractivity contribution in [1.29, 1.82) is 0 Å². The molecule has 1 aliphatic carbocycles. The van der Waals surface area contributed by atoms with Gasteiger partial charge in [0.25, 0.3) is 0 Å². The van der Waals surface area contributed by atoms with Crippen LogP contribution in [0.25, 0.3) is 0 Å². The molecule has 0 unspecified atom stereocenters. The highest BCUT2D eigenvalue weighted by atomic mass is 32.2. The third-order valence-electron chi connectivity index (χ3n) is 3.10. The van der Waals surface area contributed by atoms with Gasteiger partial charge in [0.15, 0.2) is 0 Å². The molecule has 5 nitrogen and oxygen atoms in total. The second-order valence-corrected chi connectivity index (χ2v) is 6.96. The molecule has 1 N–H and O–H groups in total. The van der Waals surface area contributed by atoms with Gasteiger partial charge in [0.2, 0.25) is 10.0 Å². The number of aliphatic hydroxyl groups is 1. The number of rotatable bonds is 5. The van der Waals surface area contributed by atoms with E-state index in [1.54, 1.807) is 7.05 Å². The maximum atomic E-state index is 12.4. The normalized spacial score (nSPS) is 14.9. The molecule has 1 aromatic rings. The number of hydrogen-bond acceptors (Lipinski definition) is 4. The van der Waals surface area contributed by atoms with E-state index in [0.717, 1.165) is 12.8 Å². The Morgan fingerprint density at radius 1 is 1.45 bits per heavy atom. The molecular formula is C14H18N2O3S. The molecule has 0 aromatic carbocycles. The summed E-state index contributed by atoms with van der Waals surface area (Å²) in [5.41, 5.74) is 0.541. The van der Waals surface area contributed by atoms with E-state index in [4.69, 9.17) is 5.11 Å². The molecule has 0 spiro atoms. The summed E-state index contributed by atoms with van der Waals surface area (Å²) in [6.45, 7) is 0.547. The predicted molar refractivity (Wildman–Crippen MR) is 75.4 cm³/mol. The number of nitrogens with zero attached hydrogens (tertiary/aromatic N) is 2. The summed E-state index contributed by atoms with van der Waals surface area (Å²) >= 11 is 0. The monoisotopic (exact) mass is 294 g/mol. The van der Waals surface area contributed by atoms with Gasteiger partial charge in [-0.3, -0.25) is 4.98 Å². The van der Waals surface area contributed by atoms with Crippen molar-refractivity contribution in [1.82, 2.24) is 9.29 Å². The van der Waals surface area contributed by atoms with Crippen LogP contribution < -0.4 is 0 Å². The molecule has 0 atom stereocenters. The first-order valence-electron chi connectivity index (χ1n) is 6.55. The van der Waals surface area contributed by atoms with E-state index in [-0.39, 0.29) is 11.5 Å². The van der Waals surface area contributed by atoms with Crippen molar-refractivity contribution in [3.8, 4) is 11.8 Å². The van der Waals surface area contributed by atoms with E-state index >= 15 is 0 Å². The second-order valence-electron chi connectivity index (χ2n) is 4.91. The molecule has 20 heavy (non-hydrogen) atoms. The molecule has 0 radical (unpaired) electrons. The van der Waals surface area contributed by atoms with Gasteiger partial charge in [0.1, 0.15) is 4.90 Å². The molecular weight excluding hydrogens is 276 g/mol. The minimum absolute atomic E-state index is 0.0114. The van der Waals surface area contributed by atoms with Crippen LogP contribution in [0.1, 0.15) is 24.8 Å². The minimum Gasteiger partial charge on any atom is -0.395 e. The van der Waals surface area contributed by atoms with Gasteiger partial charge in [0, 0.05) is 38.0 Å². The molecule has 108 valence electrons. The van der Waals surface area contributed by atoms with E-state index in [2.05, 4.69) is 16.8 Å². The van der Waals surface area contributed by atoms with Crippen LogP contribution in [0.2, 0.25) is 0 Å². The van der Waals surface area contributed by atoms with Crippen molar-refractivity contribution in [2.45, 2.75) is 24.2 Å². The number of aliphatic hydroxyl groups excluding tert-OH is 1. The van der Waals surface area contributed by atoms with Crippen molar-refractivity contribution in [3.63, 3.8) is 0 Å². The molecule has 0 aliphatic heterocycles. The average Bonchev–Trinajstić information content (AvgIpc) is 3.23. The number of sulfonamides is 1. The molecule has 0 amide bonds. The van der Waals surface area contributed by atoms with E-state index in [9.17, 15) is 8.42 Å². The smallest absolute Gasteiger partial charge is 0.244 e. The van der Waals surface area contributed by atoms with Crippen molar-refractivity contribution >= 4 is 10.0 Å². The Bertz CT molecular complexity index is 627. The largest absolute Gasteiger partial charge is 0.395 e. The molecule has 1 saturated carbocycles. The highest BCUT2D eigenvalue weighted by molar-refractivity contribution is 7.89. The molecule has 0 bridgehead atoms. The number of aromatic nitrogens is 1. The van der Waals surface area contributed by atoms with E-state index in [1.165, 1.54) is 22.8 Å². The summed E-state index contributed by atoms with van der Waals surface area (Å²) in [4.78, 5) is 4.10. The van der Waals surface area contributed by atoms with Crippen LogP contribution in [0.15, 0.2) is 23.4 Å². The lowest BCUT2D eigenvalue weighted by Crippen LogP contribution is -2.29. The lowest BCUT2D eigenvalue weighted by molar-refractivity contribution is 0.305. The van der Waals surface area contributed by atoms with Crippen LogP contribution in [0.3, 0.4) is 0 Å². The Hall–Kier alpha value is -1.42. The topological polar surface area (TPSA) is 70.5 Å². The van der Waals surface area contributed by atoms with E-state index in [0.29, 0.717) is 24.4 Å². The Balaban J connectivity index is 2.18. The number of pyridine rings is 1. The lowest BCUT2D eigenvalue weighted by atomic mass is 10.3. The second kappa shape index (κ2) is 6.35. The molecule has 1 aliphatic rings. The predicted octanol–water partition coefficient (Wildman–Crippen LogP) is 0.846. The van der Waals surface area contributed by atoms with Gasteiger partial charge < -0.3 is 5.11 Å².